The molecule has 0 unspecified atom stereocenters. The first kappa shape index (κ1) is 6.46. The molecule has 0 aliphatic heterocycles. The standard InChI is InChI=1S/C8H6BNO/c1-5-2-3-7-6(4-5)10-8(9)11-7/h2-4H,1H3. The SMILES string of the molecule is [B]c1nc2cc(C)ccc2o1. The zero-order valence-corrected chi connectivity index (χ0v) is 6.16. The van der Waals surface area contributed by atoms with Gasteiger partial charge in [0.1, 0.15) is 11.3 Å². The van der Waals surface area contributed by atoms with Crippen LogP contribution < -0.4 is 5.79 Å². The van der Waals surface area contributed by atoms with Gasteiger partial charge < -0.3 is 4.42 Å². The zero-order valence-electron chi connectivity index (χ0n) is 6.16. The molecule has 2 radical (unpaired) electrons. The highest BCUT2D eigenvalue weighted by molar-refractivity contribution is 6.28. The van der Waals surface area contributed by atoms with Gasteiger partial charge in [-0.2, -0.15) is 0 Å². The van der Waals surface area contributed by atoms with Crippen LogP contribution >= 0.6 is 0 Å². The van der Waals surface area contributed by atoms with E-state index in [4.69, 9.17) is 12.3 Å². The molecule has 1 aromatic carbocycles. The van der Waals surface area contributed by atoms with Crippen LogP contribution in [0.2, 0.25) is 0 Å². The molecule has 2 rings (SSSR count). The Hall–Kier alpha value is -1.25. The number of aryl methyl sites for hydroxylation is 1. The van der Waals surface area contributed by atoms with E-state index in [0.29, 0.717) is 0 Å². The summed E-state index contributed by atoms with van der Waals surface area (Å²) in [6.45, 7) is 2.00. The summed E-state index contributed by atoms with van der Waals surface area (Å²) in [6, 6.07) is 5.77. The second-order valence-corrected chi connectivity index (χ2v) is 2.52. The Morgan fingerprint density at radius 1 is 1.45 bits per heavy atom. The monoisotopic (exact) mass is 143 g/mol. The molecule has 0 bridgehead atoms. The van der Waals surface area contributed by atoms with Gasteiger partial charge in [-0.05, 0) is 24.6 Å². The third kappa shape index (κ3) is 1.02. The fraction of sp³-hybridized carbons (Fsp3) is 0.125. The maximum absolute atomic E-state index is 5.36. The number of oxazole rings is 1. The lowest BCUT2D eigenvalue weighted by Gasteiger charge is -1.87. The van der Waals surface area contributed by atoms with Crippen LogP contribution in [0.1, 0.15) is 5.56 Å². The summed E-state index contributed by atoms with van der Waals surface area (Å²) in [5.74, 6) is 0.227. The molecule has 0 atom stereocenters. The largest absolute Gasteiger partial charge is 0.452 e. The highest BCUT2D eigenvalue weighted by Gasteiger charge is 1.99. The summed E-state index contributed by atoms with van der Waals surface area (Å²) >= 11 is 0. The van der Waals surface area contributed by atoms with E-state index in [2.05, 4.69) is 4.98 Å². The minimum atomic E-state index is 0.227. The summed E-state index contributed by atoms with van der Waals surface area (Å²) in [7, 11) is 5.36. The van der Waals surface area contributed by atoms with Crippen LogP contribution in [-0.4, -0.2) is 12.8 Å². The molecular formula is C8H6BNO. The summed E-state index contributed by atoms with van der Waals surface area (Å²) in [6.07, 6.45) is 0. The lowest BCUT2D eigenvalue weighted by molar-refractivity contribution is 0.644. The van der Waals surface area contributed by atoms with Crippen molar-refractivity contribution in [3.8, 4) is 0 Å². The van der Waals surface area contributed by atoms with Crippen molar-refractivity contribution in [3.05, 3.63) is 23.8 Å². The number of fused-ring (bicyclic) bond motifs is 1. The van der Waals surface area contributed by atoms with E-state index in [0.717, 1.165) is 16.7 Å². The van der Waals surface area contributed by atoms with E-state index < -0.39 is 0 Å². The van der Waals surface area contributed by atoms with Crippen molar-refractivity contribution in [2.45, 2.75) is 6.92 Å². The molecule has 2 aromatic rings. The number of benzene rings is 1. The van der Waals surface area contributed by atoms with Gasteiger partial charge in [0.2, 0.25) is 0 Å². The van der Waals surface area contributed by atoms with Crippen LogP contribution in [0.25, 0.3) is 11.1 Å². The predicted molar refractivity (Wildman–Crippen MR) is 44.1 cm³/mol. The molecule has 0 spiro atoms. The second kappa shape index (κ2) is 2.12. The minimum Gasteiger partial charge on any atom is -0.452 e. The maximum Gasteiger partial charge on any atom is 0.197 e. The van der Waals surface area contributed by atoms with E-state index >= 15 is 0 Å². The van der Waals surface area contributed by atoms with Gasteiger partial charge in [-0.15, -0.1) is 0 Å². The molecule has 2 nitrogen and oxygen atoms in total. The van der Waals surface area contributed by atoms with Crippen molar-refractivity contribution in [1.82, 2.24) is 4.98 Å². The summed E-state index contributed by atoms with van der Waals surface area (Å²) in [5, 5.41) is 0. The maximum atomic E-state index is 5.36. The molecule has 1 heterocycles. The fourth-order valence-corrected chi connectivity index (χ4v) is 1.06. The van der Waals surface area contributed by atoms with E-state index in [1.807, 2.05) is 25.1 Å². The third-order valence-electron chi connectivity index (χ3n) is 1.56. The molecule has 0 saturated carbocycles. The highest BCUT2D eigenvalue weighted by Crippen LogP contribution is 2.11. The normalized spacial score (nSPS) is 10.6. The molecule has 1 aromatic heterocycles. The Morgan fingerprint density at radius 2 is 2.27 bits per heavy atom. The molecule has 0 saturated heterocycles. The van der Waals surface area contributed by atoms with Crippen LogP contribution in [0.3, 0.4) is 0 Å². The smallest absolute Gasteiger partial charge is 0.197 e. The fourth-order valence-electron chi connectivity index (χ4n) is 1.06. The molecule has 11 heavy (non-hydrogen) atoms. The first-order valence-electron chi connectivity index (χ1n) is 3.38. The molecule has 0 N–H and O–H groups in total. The van der Waals surface area contributed by atoms with Gasteiger partial charge in [-0.25, -0.2) is 4.98 Å². The predicted octanol–water partition coefficient (Wildman–Crippen LogP) is 0.930. The summed E-state index contributed by atoms with van der Waals surface area (Å²) < 4.78 is 5.09. The molecule has 0 aliphatic rings. The van der Waals surface area contributed by atoms with E-state index in [1.165, 1.54) is 0 Å². The average molecular weight is 143 g/mol. The van der Waals surface area contributed by atoms with E-state index in [-0.39, 0.29) is 5.79 Å². The summed E-state index contributed by atoms with van der Waals surface area (Å²) in [5.41, 5.74) is 2.72. The van der Waals surface area contributed by atoms with Gasteiger partial charge in [0, 0.05) is 0 Å². The number of hydrogen-bond acceptors (Lipinski definition) is 2. The van der Waals surface area contributed by atoms with Gasteiger partial charge in [0.25, 0.3) is 0 Å². The van der Waals surface area contributed by atoms with Crippen LogP contribution in [0, 0.1) is 6.92 Å². The topological polar surface area (TPSA) is 26.0 Å². The molecule has 0 fully saturated rings. The molecule has 0 amide bonds. The second-order valence-electron chi connectivity index (χ2n) is 2.52. The Kier molecular flexibility index (Phi) is 1.25. The van der Waals surface area contributed by atoms with Crippen LogP contribution in [0.5, 0.6) is 0 Å². The van der Waals surface area contributed by atoms with Crippen molar-refractivity contribution in [1.29, 1.82) is 0 Å². The van der Waals surface area contributed by atoms with Gasteiger partial charge in [-0.1, -0.05) is 6.07 Å². The Labute approximate surface area is 65.6 Å². The lowest BCUT2D eigenvalue weighted by atomic mass is 10.2. The van der Waals surface area contributed by atoms with Crippen LogP contribution in [0.15, 0.2) is 22.6 Å². The number of hydrogen-bond donors (Lipinski definition) is 0. The number of nitrogens with zero attached hydrogens (tertiary/aromatic N) is 1. The minimum absolute atomic E-state index is 0.227. The Bertz CT molecular complexity index is 394. The van der Waals surface area contributed by atoms with Gasteiger partial charge in [-0.3, -0.25) is 0 Å². The van der Waals surface area contributed by atoms with Crippen molar-refractivity contribution in [2.24, 2.45) is 0 Å². The van der Waals surface area contributed by atoms with Crippen molar-refractivity contribution in [2.75, 3.05) is 0 Å². The highest BCUT2D eigenvalue weighted by atomic mass is 16.3. The lowest BCUT2D eigenvalue weighted by Crippen LogP contribution is -1.99. The van der Waals surface area contributed by atoms with Crippen LogP contribution in [0.4, 0.5) is 0 Å². The third-order valence-corrected chi connectivity index (χ3v) is 1.56. The average Bonchev–Trinajstić information content (AvgIpc) is 2.27. The molecular weight excluding hydrogens is 137 g/mol. The van der Waals surface area contributed by atoms with E-state index in [9.17, 15) is 0 Å². The Morgan fingerprint density at radius 3 is 3.09 bits per heavy atom. The zero-order chi connectivity index (χ0) is 7.84. The molecule has 0 aliphatic carbocycles. The number of rotatable bonds is 0. The Balaban J connectivity index is 2.82. The number of aromatic nitrogens is 1. The van der Waals surface area contributed by atoms with Crippen molar-refractivity contribution < 1.29 is 4.42 Å². The van der Waals surface area contributed by atoms with Gasteiger partial charge in [0.05, 0.1) is 0 Å². The quantitative estimate of drug-likeness (QED) is 0.512. The molecule has 3 heteroatoms. The van der Waals surface area contributed by atoms with Crippen LogP contribution in [-0.2, 0) is 0 Å². The van der Waals surface area contributed by atoms with Gasteiger partial charge >= 0.3 is 0 Å². The van der Waals surface area contributed by atoms with E-state index in [1.54, 1.807) is 0 Å². The van der Waals surface area contributed by atoms with Gasteiger partial charge in [0.15, 0.2) is 13.4 Å². The summed E-state index contributed by atoms with van der Waals surface area (Å²) in [4.78, 5) is 3.99. The van der Waals surface area contributed by atoms with Crippen molar-refractivity contribution in [3.63, 3.8) is 0 Å². The van der Waals surface area contributed by atoms with Crippen molar-refractivity contribution >= 4 is 24.7 Å². The first-order valence-corrected chi connectivity index (χ1v) is 3.38. The first-order chi connectivity index (χ1) is 5.25. The molecule has 52 valence electrons.